The molecule has 1 aliphatic rings. The Hall–Kier alpha value is -2.87. The second-order valence-corrected chi connectivity index (χ2v) is 8.58. The summed E-state index contributed by atoms with van der Waals surface area (Å²) in [6.45, 7) is 2.30. The van der Waals surface area contributed by atoms with E-state index in [-0.39, 0.29) is 29.4 Å². The number of nitrogens with zero attached hydrogens (tertiary/aromatic N) is 1. The van der Waals surface area contributed by atoms with E-state index in [1.54, 1.807) is 37.4 Å². The van der Waals surface area contributed by atoms with Gasteiger partial charge in [0.2, 0.25) is 11.8 Å². The first-order valence-corrected chi connectivity index (χ1v) is 10.6. The Bertz CT molecular complexity index is 1020. The summed E-state index contributed by atoms with van der Waals surface area (Å²) in [6.07, 6.45) is 0.00258. The molecule has 148 valence electrons. The van der Waals surface area contributed by atoms with Crippen LogP contribution >= 0.6 is 0 Å². The lowest BCUT2D eigenvalue weighted by Gasteiger charge is -2.12. The van der Waals surface area contributed by atoms with Crippen LogP contribution in [0.15, 0.2) is 47.4 Å². The minimum atomic E-state index is -3.65. The zero-order valence-corrected chi connectivity index (χ0v) is 16.6. The van der Waals surface area contributed by atoms with E-state index in [1.165, 1.54) is 17.0 Å². The van der Waals surface area contributed by atoms with Gasteiger partial charge < -0.3 is 15.0 Å². The van der Waals surface area contributed by atoms with E-state index in [4.69, 9.17) is 4.74 Å². The highest BCUT2D eigenvalue weighted by Crippen LogP contribution is 2.30. The Morgan fingerprint density at radius 3 is 2.71 bits per heavy atom. The molecule has 7 nitrogen and oxygen atoms in total. The number of carbonyl (C=O) groups excluding carboxylic acids is 2. The third-order valence-electron chi connectivity index (χ3n) is 4.55. The summed E-state index contributed by atoms with van der Waals surface area (Å²) in [6, 6.07) is 11.6. The van der Waals surface area contributed by atoms with Crippen LogP contribution in [0.2, 0.25) is 0 Å². The molecular formula is C20H22N2O5S. The smallest absolute Gasteiger partial charge is 0.231 e. The molecule has 0 spiro atoms. The molecule has 0 radical (unpaired) electrons. The van der Waals surface area contributed by atoms with Gasteiger partial charge in [-0.15, -0.1) is 0 Å². The lowest BCUT2D eigenvalue weighted by Crippen LogP contribution is -2.20. The van der Waals surface area contributed by atoms with E-state index in [0.29, 0.717) is 29.3 Å². The number of anilines is 2. The minimum Gasteiger partial charge on any atom is -0.492 e. The summed E-state index contributed by atoms with van der Waals surface area (Å²) in [4.78, 5) is 25.6. The fourth-order valence-electron chi connectivity index (χ4n) is 3.05. The highest BCUT2D eigenvalue weighted by Gasteiger charge is 2.26. The molecule has 0 bridgehead atoms. The van der Waals surface area contributed by atoms with Crippen molar-refractivity contribution in [3.8, 4) is 5.75 Å². The van der Waals surface area contributed by atoms with Crippen LogP contribution in [-0.4, -0.2) is 39.6 Å². The van der Waals surface area contributed by atoms with Crippen molar-refractivity contribution in [2.24, 2.45) is 0 Å². The Balaban J connectivity index is 1.67. The number of carbonyl (C=O) groups is 2. The first-order valence-electron chi connectivity index (χ1n) is 8.95. The average Bonchev–Trinajstić information content (AvgIpc) is 2.95. The lowest BCUT2D eigenvalue weighted by molar-refractivity contribution is -0.117. The van der Waals surface area contributed by atoms with Crippen LogP contribution in [0.5, 0.6) is 5.75 Å². The molecule has 1 heterocycles. The number of para-hydroxylation sites is 2. The Kier molecular flexibility index (Phi) is 5.69. The number of amides is 2. The van der Waals surface area contributed by atoms with Gasteiger partial charge in [-0.25, -0.2) is 8.42 Å². The molecule has 0 saturated heterocycles. The average molecular weight is 402 g/mol. The number of hydrogen-bond donors (Lipinski definition) is 1. The number of rotatable bonds is 7. The molecule has 0 atom stereocenters. The van der Waals surface area contributed by atoms with Crippen LogP contribution in [0.25, 0.3) is 0 Å². The van der Waals surface area contributed by atoms with Crippen molar-refractivity contribution in [1.82, 2.24) is 0 Å². The van der Waals surface area contributed by atoms with Gasteiger partial charge in [0.05, 0.1) is 29.4 Å². The molecule has 0 unspecified atom stereocenters. The Labute approximate surface area is 164 Å². The van der Waals surface area contributed by atoms with Crippen LogP contribution in [-0.2, 0) is 25.8 Å². The van der Waals surface area contributed by atoms with Crippen LogP contribution in [0.4, 0.5) is 11.4 Å². The predicted molar refractivity (Wildman–Crippen MR) is 106 cm³/mol. The number of nitrogens with one attached hydrogen (secondary N) is 1. The van der Waals surface area contributed by atoms with E-state index in [1.807, 2.05) is 6.92 Å². The summed E-state index contributed by atoms with van der Waals surface area (Å²) < 4.78 is 30.7. The molecule has 2 amide bonds. The summed E-state index contributed by atoms with van der Waals surface area (Å²) in [5.41, 5.74) is 1.91. The minimum absolute atomic E-state index is 0.0723. The summed E-state index contributed by atoms with van der Waals surface area (Å²) in [5, 5.41) is 2.69. The number of sulfone groups is 1. The molecule has 2 aromatic rings. The van der Waals surface area contributed by atoms with Gasteiger partial charge in [-0.05, 0) is 42.8 Å². The Morgan fingerprint density at radius 1 is 1.21 bits per heavy atom. The fraction of sp³-hybridized carbons (Fsp3) is 0.300. The molecular weight excluding hydrogens is 380 g/mol. The third kappa shape index (κ3) is 4.17. The molecule has 2 aromatic carbocycles. The van der Waals surface area contributed by atoms with Gasteiger partial charge in [0.25, 0.3) is 0 Å². The maximum absolute atomic E-state index is 12.6. The van der Waals surface area contributed by atoms with Gasteiger partial charge in [0.1, 0.15) is 5.75 Å². The van der Waals surface area contributed by atoms with E-state index in [0.717, 1.165) is 0 Å². The lowest BCUT2D eigenvalue weighted by atomic mass is 10.2. The third-order valence-corrected chi connectivity index (χ3v) is 6.26. The molecule has 3 rings (SSSR count). The monoisotopic (exact) mass is 402 g/mol. The predicted octanol–water partition coefficient (Wildman–Crippen LogP) is 2.41. The standard InChI is InChI=1S/C20H22N2O5S/c1-3-27-18-7-5-4-6-16(18)21-19(23)10-11-28(25,26)15-8-9-17-14(12-15)13-20(24)22(17)2/h4-9,12H,3,10-11,13H2,1-2H3,(H,21,23). The van der Waals surface area contributed by atoms with E-state index in [9.17, 15) is 18.0 Å². The van der Waals surface area contributed by atoms with Crippen LogP contribution < -0.4 is 15.0 Å². The van der Waals surface area contributed by atoms with E-state index < -0.39 is 15.7 Å². The topological polar surface area (TPSA) is 92.8 Å². The maximum atomic E-state index is 12.6. The number of ether oxygens (including phenoxy) is 1. The summed E-state index contributed by atoms with van der Waals surface area (Å²) >= 11 is 0. The number of benzene rings is 2. The number of hydrogen-bond acceptors (Lipinski definition) is 5. The zero-order valence-electron chi connectivity index (χ0n) is 15.8. The summed E-state index contributed by atoms with van der Waals surface area (Å²) in [7, 11) is -1.99. The quantitative estimate of drug-likeness (QED) is 0.768. The molecule has 28 heavy (non-hydrogen) atoms. The van der Waals surface area contributed by atoms with Crippen molar-refractivity contribution in [3.63, 3.8) is 0 Å². The Morgan fingerprint density at radius 2 is 1.96 bits per heavy atom. The van der Waals surface area contributed by atoms with Crippen molar-refractivity contribution in [2.45, 2.75) is 24.7 Å². The van der Waals surface area contributed by atoms with Gasteiger partial charge in [-0.2, -0.15) is 0 Å². The van der Waals surface area contributed by atoms with Gasteiger partial charge in [-0.3, -0.25) is 9.59 Å². The van der Waals surface area contributed by atoms with Gasteiger partial charge >= 0.3 is 0 Å². The van der Waals surface area contributed by atoms with Crippen molar-refractivity contribution in [3.05, 3.63) is 48.0 Å². The van der Waals surface area contributed by atoms with Crippen molar-refractivity contribution in [2.75, 3.05) is 29.6 Å². The van der Waals surface area contributed by atoms with Gasteiger partial charge in [-0.1, -0.05) is 12.1 Å². The molecule has 1 N–H and O–H groups in total. The highest BCUT2D eigenvalue weighted by atomic mass is 32.2. The normalized spacial score (nSPS) is 13.4. The van der Waals surface area contributed by atoms with E-state index >= 15 is 0 Å². The fourth-order valence-corrected chi connectivity index (χ4v) is 4.34. The van der Waals surface area contributed by atoms with Crippen LogP contribution in [0.3, 0.4) is 0 Å². The first-order chi connectivity index (χ1) is 13.3. The van der Waals surface area contributed by atoms with Crippen molar-refractivity contribution >= 4 is 33.0 Å². The van der Waals surface area contributed by atoms with Gasteiger partial charge in [0, 0.05) is 19.2 Å². The van der Waals surface area contributed by atoms with E-state index in [2.05, 4.69) is 5.32 Å². The molecule has 0 aliphatic carbocycles. The van der Waals surface area contributed by atoms with Crippen LogP contribution in [0.1, 0.15) is 18.9 Å². The maximum Gasteiger partial charge on any atom is 0.231 e. The largest absolute Gasteiger partial charge is 0.492 e. The second kappa shape index (κ2) is 8.02. The van der Waals surface area contributed by atoms with Crippen LogP contribution in [0, 0.1) is 0 Å². The molecule has 8 heteroatoms. The van der Waals surface area contributed by atoms with Crippen molar-refractivity contribution in [1.29, 1.82) is 0 Å². The highest BCUT2D eigenvalue weighted by molar-refractivity contribution is 7.91. The zero-order chi connectivity index (χ0) is 20.3. The van der Waals surface area contributed by atoms with Gasteiger partial charge in [0.15, 0.2) is 9.84 Å². The molecule has 0 fully saturated rings. The molecule has 1 aliphatic heterocycles. The SMILES string of the molecule is CCOc1ccccc1NC(=O)CCS(=O)(=O)c1ccc2c(c1)CC(=O)N2C. The van der Waals surface area contributed by atoms with Crippen molar-refractivity contribution < 1.29 is 22.7 Å². The second-order valence-electron chi connectivity index (χ2n) is 6.47. The first kappa shape index (κ1) is 19.9. The number of likely N-dealkylation sites (N-methyl/N-ethyl adjacent to an activating group) is 1. The molecule has 0 saturated carbocycles. The summed E-state index contributed by atoms with van der Waals surface area (Å²) in [5.74, 6) is -0.268. The molecule has 0 aromatic heterocycles. The number of fused-ring (bicyclic) bond motifs is 1.